The van der Waals surface area contributed by atoms with Crippen LogP contribution < -0.4 is 5.32 Å². The summed E-state index contributed by atoms with van der Waals surface area (Å²) in [6.07, 6.45) is 3.68. The van der Waals surface area contributed by atoms with Crippen LogP contribution in [-0.4, -0.2) is 44.8 Å². The van der Waals surface area contributed by atoms with Gasteiger partial charge in [0.25, 0.3) is 17.1 Å². The third-order valence-electron chi connectivity index (χ3n) is 5.11. The number of aromatic nitrogens is 2. The normalized spacial score (nSPS) is 14.8. The second-order valence-electron chi connectivity index (χ2n) is 7.25. The van der Waals surface area contributed by atoms with Gasteiger partial charge in [0, 0.05) is 13.1 Å². The van der Waals surface area contributed by atoms with Gasteiger partial charge in [-0.3, -0.25) is 19.3 Å². The van der Waals surface area contributed by atoms with Crippen LogP contribution in [0, 0.1) is 5.82 Å². The second kappa shape index (κ2) is 9.83. The van der Waals surface area contributed by atoms with E-state index in [-0.39, 0.29) is 36.0 Å². The molecule has 0 unspecified atom stereocenters. The molecule has 1 aliphatic rings. The number of amides is 3. The molecule has 0 spiro atoms. The number of carbonyl (C=O) groups is 3. The van der Waals surface area contributed by atoms with Crippen LogP contribution in [0.15, 0.2) is 65.7 Å². The summed E-state index contributed by atoms with van der Waals surface area (Å²) in [7, 11) is 0. The van der Waals surface area contributed by atoms with E-state index in [0.29, 0.717) is 28.3 Å². The molecule has 1 fully saturated rings. The molecular formula is C24H21FN4O3S. The smallest absolute Gasteiger partial charge is 0.293 e. The van der Waals surface area contributed by atoms with E-state index in [1.54, 1.807) is 22.9 Å². The van der Waals surface area contributed by atoms with Gasteiger partial charge in [-0.2, -0.15) is 5.10 Å². The van der Waals surface area contributed by atoms with E-state index in [4.69, 9.17) is 0 Å². The Morgan fingerprint density at radius 1 is 1.12 bits per heavy atom. The first-order chi connectivity index (χ1) is 16.0. The predicted octanol–water partition coefficient (Wildman–Crippen LogP) is 4.04. The number of benzene rings is 2. The standard InChI is InChI=1S/C24H21FN4O3S/c1-2-20-19(15-27-29(20)18-10-8-17(25)9-11-18)22(30)26-12-13-28-23(31)21(33-24(28)32)14-16-6-4-3-5-7-16/h3-11,14-15H,2,12-13H2,1H3,(H,26,30)/b21-14-. The van der Waals surface area contributed by atoms with Crippen molar-refractivity contribution in [3.63, 3.8) is 0 Å². The summed E-state index contributed by atoms with van der Waals surface area (Å²) < 4.78 is 14.8. The van der Waals surface area contributed by atoms with Gasteiger partial charge in [-0.1, -0.05) is 37.3 Å². The monoisotopic (exact) mass is 464 g/mol. The van der Waals surface area contributed by atoms with Crippen molar-refractivity contribution in [2.45, 2.75) is 13.3 Å². The van der Waals surface area contributed by atoms with E-state index in [9.17, 15) is 18.8 Å². The maximum Gasteiger partial charge on any atom is 0.293 e. The zero-order chi connectivity index (χ0) is 23.4. The zero-order valence-electron chi connectivity index (χ0n) is 17.8. The first-order valence-corrected chi connectivity index (χ1v) is 11.2. The molecule has 1 aromatic heterocycles. The van der Waals surface area contributed by atoms with Gasteiger partial charge in [0.05, 0.1) is 28.0 Å². The largest absolute Gasteiger partial charge is 0.350 e. The van der Waals surface area contributed by atoms with Crippen LogP contribution in [-0.2, 0) is 11.2 Å². The molecular weight excluding hydrogens is 443 g/mol. The van der Waals surface area contributed by atoms with Crippen molar-refractivity contribution >= 4 is 34.9 Å². The fraction of sp³-hybridized carbons (Fsp3) is 0.167. The Bertz CT molecular complexity index is 1220. The van der Waals surface area contributed by atoms with Gasteiger partial charge in [0.1, 0.15) is 5.82 Å². The van der Waals surface area contributed by atoms with E-state index in [1.165, 1.54) is 18.3 Å². The molecule has 2 heterocycles. The third-order valence-corrected chi connectivity index (χ3v) is 6.02. The van der Waals surface area contributed by atoms with E-state index in [1.807, 2.05) is 37.3 Å². The van der Waals surface area contributed by atoms with Crippen molar-refractivity contribution in [1.82, 2.24) is 20.0 Å². The van der Waals surface area contributed by atoms with E-state index in [2.05, 4.69) is 10.4 Å². The minimum atomic E-state index is -0.374. The topological polar surface area (TPSA) is 84.3 Å². The molecule has 9 heteroatoms. The summed E-state index contributed by atoms with van der Waals surface area (Å²) in [5.41, 5.74) is 2.55. The molecule has 0 bridgehead atoms. The highest BCUT2D eigenvalue weighted by Gasteiger charge is 2.34. The van der Waals surface area contributed by atoms with Gasteiger partial charge in [-0.15, -0.1) is 0 Å². The summed E-state index contributed by atoms with van der Waals surface area (Å²) in [6, 6.07) is 15.1. The van der Waals surface area contributed by atoms with E-state index < -0.39 is 0 Å². The summed E-state index contributed by atoms with van der Waals surface area (Å²) in [5, 5.41) is 6.66. The summed E-state index contributed by atoms with van der Waals surface area (Å²) in [4.78, 5) is 39.1. The number of imide groups is 1. The van der Waals surface area contributed by atoms with Crippen molar-refractivity contribution in [3.8, 4) is 5.69 Å². The number of hydrogen-bond donors (Lipinski definition) is 1. The lowest BCUT2D eigenvalue weighted by molar-refractivity contribution is -0.122. The lowest BCUT2D eigenvalue weighted by atomic mass is 10.2. The molecule has 0 atom stereocenters. The highest BCUT2D eigenvalue weighted by atomic mass is 32.2. The summed E-state index contributed by atoms with van der Waals surface area (Å²) in [5.74, 6) is -1.08. The first-order valence-electron chi connectivity index (χ1n) is 10.4. The molecule has 0 radical (unpaired) electrons. The van der Waals surface area contributed by atoms with Crippen LogP contribution in [0.1, 0.15) is 28.5 Å². The van der Waals surface area contributed by atoms with Crippen LogP contribution in [0.2, 0.25) is 0 Å². The quantitative estimate of drug-likeness (QED) is 0.534. The lowest BCUT2D eigenvalue weighted by Crippen LogP contribution is -2.37. The molecule has 1 saturated heterocycles. The number of nitrogens with one attached hydrogen (secondary N) is 1. The number of nitrogens with zero attached hydrogens (tertiary/aromatic N) is 3. The summed E-state index contributed by atoms with van der Waals surface area (Å²) in [6.45, 7) is 2.07. The SMILES string of the molecule is CCc1c(C(=O)NCCN2C(=O)S/C(=C\c3ccccc3)C2=O)cnn1-c1ccc(F)cc1. The predicted molar refractivity (Wildman–Crippen MR) is 124 cm³/mol. The number of halogens is 1. The Morgan fingerprint density at radius 3 is 2.55 bits per heavy atom. The molecule has 7 nitrogen and oxygen atoms in total. The van der Waals surface area contributed by atoms with Gasteiger partial charge < -0.3 is 5.32 Å². The van der Waals surface area contributed by atoms with Crippen molar-refractivity contribution in [3.05, 3.63) is 88.3 Å². The lowest BCUT2D eigenvalue weighted by Gasteiger charge is -2.13. The molecule has 1 aliphatic heterocycles. The molecule has 3 amide bonds. The fourth-order valence-electron chi connectivity index (χ4n) is 3.48. The Morgan fingerprint density at radius 2 is 1.85 bits per heavy atom. The molecule has 0 aliphatic carbocycles. The highest BCUT2D eigenvalue weighted by Crippen LogP contribution is 2.31. The minimum Gasteiger partial charge on any atom is -0.350 e. The van der Waals surface area contributed by atoms with Crippen LogP contribution in [0.25, 0.3) is 11.8 Å². The average Bonchev–Trinajstić information content (AvgIpc) is 3.36. The van der Waals surface area contributed by atoms with Crippen molar-refractivity contribution in [2.75, 3.05) is 13.1 Å². The Labute approximate surface area is 194 Å². The van der Waals surface area contributed by atoms with Gasteiger partial charge in [-0.05, 0) is 54.1 Å². The molecule has 3 aromatic rings. The third kappa shape index (κ3) is 4.88. The van der Waals surface area contributed by atoms with Gasteiger partial charge in [0.15, 0.2) is 0 Å². The van der Waals surface area contributed by atoms with Gasteiger partial charge in [0.2, 0.25) is 0 Å². The minimum absolute atomic E-state index is 0.0656. The average molecular weight is 465 g/mol. The molecule has 2 aromatic carbocycles. The number of hydrogen-bond acceptors (Lipinski definition) is 5. The van der Waals surface area contributed by atoms with E-state index >= 15 is 0 Å². The molecule has 0 saturated carbocycles. The Kier molecular flexibility index (Phi) is 6.69. The maximum atomic E-state index is 13.2. The Balaban J connectivity index is 1.40. The fourth-order valence-corrected chi connectivity index (χ4v) is 4.34. The molecule has 1 N–H and O–H groups in total. The van der Waals surface area contributed by atoms with Crippen molar-refractivity contribution < 1.29 is 18.8 Å². The first kappa shape index (κ1) is 22.5. The molecule has 33 heavy (non-hydrogen) atoms. The molecule has 168 valence electrons. The van der Waals surface area contributed by atoms with Crippen molar-refractivity contribution in [1.29, 1.82) is 0 Å². The number of rotatable bonds is 7. The van der Waals surface area contributed by atoms with E-state index in [0.717, 1.165) is 22.2 Å². The number of carbonyl (C=O) groups excluding carboxylic acids is 3. The van der Waals surface area contributed by atoms with Crippen LogP contribution >= 0.6 is 11.8 Å². The zero-order valence-corrected chi connectivity index (χ0v) is 18.6. The second-order valence-corrected chi connectivity index (χ2v) is 8.24. The maximum absolute atomic E-state index is 13.2. The van der Waals surface area contributed by atoms with Gasteiger partial charge >= 0.3 is 0 Å². The number of thioether (sulfide) groups is 1. The highest BCUT2D eigenvalue weighted by molar-refractivity contribution is 8.18. The summed E-state index contributed by atoms with van der Waals surface area (Å²) >= 11 is 0.886. The van der Waals surface area contributed by atoms with Crippen molar-refractivity contribution in [2.24, 2.45) is 0 Å². The Hall–Kier alpha value is -3.72. The molecule has 4 rings (SSSR count). The van der Waals surface area contributed by atoms with Crippen LogP contribution in [0.5, 0.6) is 0 Å². The van der Waals surface area contributed by atoms with Crippen LogP contribution in [0.4, 0.5) is 9.18 Å². The van der Waals surface area contributed by atoms with Gasteiger partial charge in [-0.25, -0.2) is 9.07 Å². The van der Waals surface area contributed by atoms with Crippen LogP contribution in [0.3, 0.4) is 0 Å².